The van der Waals surface area contributed by atoms with Crippen molar-refractivity contribution in [2.24, 2.45) is 5.92 Å². The summed E-state index contributed by atoms with van der Waals surface area (Å²) in [6, 6.07) is 15.8. The number of hydrogen-bond donors (Lipinski definition) is 0. The molecule has 1 unspecified atom stereocenters. The first-order chi connectivity index (χ1) is 15.5. The Morgan fingerprint density at radius 1 is 0.750 bits per heavy atom. The van der Waals surface area contributed by atoms with Gasteiger partial charge < -0.3 is 9.47 Å². The summed E-state index contributed by atoms with van der Waals surface area (Å²) in [6.45, 7) is 7.00. The zero-order valence-corrected chi connectivity index (χ0v) is 21.5. The number of rotatable bonds is 15. The minimum absolute atomic E-state index is 0.183. The average molecular weight is 504 g/mol. The van der Waals surface area contributed by atoms with Gasteiger partial charge in [-0.3, -0.25) is 4.79 Å². The Morgan fingerprint density at radius 2 is 1.22 bits per heavy atom. The van der Waals surface area contributed by atoms with Crippen LogP contribution in [0, 0.1) is 5.92 Å². The van der Waals surface area contributed by atoms with E-state index in [-0.39, 0.29) is 16.7 Å². The predicted molar refractivity (Wildman–Crippen MR) is 138 cm³/mol. The largest absolute Gasteiger partial charge is 0.494 e. The quantitative estimate of drug-likeness (QED) is 0.106. The highest BCUT2D eigenvalue weighted by Gasteiger charge is 2.20. The van der Waals surface area contributed by atoms with Crippen LogP contribution in [0.15, 0.2) is 48.5 Å². The summed E-state index contributed by atoms with van der Waals surface area (Å²) in [6.07, 6.45) is 11.9. The van der Waals surface area contributed by atoms with Crippen molar-refractivity contribution in [3.05, 3.63) is 48.5 Å². The molecule has 0 heterocycles. The van der Waals surface area contributed by atoms with Crippen LogP contribution in [-0.2, 0) is 4.79 Å². The first-order valence-electron chi connectivity index (χ1n) is 12.2. The van der Waals surface area contributed by atoms with Crippen molar-refractivity contribution >= 4 is 21.9 Å². The molecule has 0 saturated carbocycles. The molecule has 0 N–H and O–H groups in total. The number of hydrogen-bond acceptors (Lipinski definition) is 3. The molecule has 0 aliphatic carbocycles. The molecule has 3 nitrogen and oxygen atoms in total. The maximum atomic E-state index is 12.1. The third kappa shape index (κ3) is 9.77. The van der Waals surface area contributed by atoms with Gasteiger partial charge in [0.25, 0.3) is 0 Å². The van der Waals surface area contributed by atoms with Crippen LogP contribution in [0.5, 0.6) is 11.5 Å². The number of carbonyl (C=O) groups is 1. The smallest absolute Gasteiger partial charge is 0.325 e. The molecule has 0 bridgehead atoms. The monoisotopic (exact) mass is 502 g/mol. The molecule has 2 aromatic rings. The van der Waals surface area contributed by atoms with Crippen molar-refractivity contribution in [3.8, 4) is 22.6 Å². The zero-order chi connectivity index (χ0) is 23.2. The lowest BCUT2D eigenvalue weighted by molar-refractivity contribution is -0.134. The maximum Gasteiger partial charge on any atom is 0.325 e. The molecule has 0 radical (unpaired) electrons. The van der Waals surface area contributed by atoms with E-state index in [9.17, 15) is 4.79 Å². The molecule has 32 heavy (non-hydrogen) atoms. The van der Waals surface area contributed by atoms with Crippen LogP contribution in [0.25, 0.3) is 11.1 Å². The molecule has 0 fully saturated rings. The van der Waals surface area contributed by atoms with Gasteiger partial charge in [-0.25, -0.2) is 0 Å². The summed E-state index contributed by atoms with van der Waals surface area (Å²) >= 11 is 3.38. The van der Waals surface area contributed by atoms with E-state index < -0.39 is 0 Å². The van der Waals surface area contributed by atoms with Gasteiger partial charge in [0.1, 0.15) is 16.3 Å². The second-order valence-electron chi connectivity index (χ2n) is 8.79. The van der Waals surface area contributed by atoms with E-state index in [1.54, 1.807) is 0 Å². The fraction of sp³-hybridized carbons (Fsp3) is 0.536. The summed E-state index contributed by atoms with van der Waals surface area (Å²) < 4.78 is 11.3. The summed E-state index contributed by atoms with van der Waals surface area (Å²) in [5.74, 6) is 1.39. The van der Waals surface area contributed by atoms with Gasteiger partial charge in [0.2, 0.25) is 0 Å². The van der Waals surface area contributed by atoms with Gasteiger partial charge in [-0.2, -0.15) is 0 Å². The van der Waals surface area contributed by atoms with E-state index in [4.69, 9.17) is 9.47 Å². The summed E-state index contributed by atoms with van der Waals surface area (Å²) in [4.78, 5) is 11.8. The van der Waals surface area contributed by atoms with Gasteiger partial charge in [-0.1, -0.05) is 112 Å². The molecule has 0 aromatic heterocycles. The highest BCUT2D eigenvalue weighted by Crippen LogP contribution is 2.25. The van der Waals surface area contributed by atoms with Gasteiger partial charge in [0.05, 0.1) is 6.61 Å². The fourth-order valence-corrected chi connectivity index (χ4v) is 3.60. The Hall–Kier alpha value is -1.81. The minimum atomic E-state index is -0.301. The molecule has 0 amide bonds. The number of alkyl halides is 1. The molecule has 1 atom stereocenters. The van der Waals surface area contributed by atoms with Crippen LogP contribution in [0.2, 0.25) is 0 Å². The Labute approximate surface area is 203 Å². The number of esters is 1. The molecule has 2 aromatic carbocycles. The van der Waals surface area contributed by atoms with Crippen LogP contribution in [0.4, 0.5) is 0 Å². The van der Waals surface area contributed by atoms with Gasteiger partial charge in [-0.05, 0) is 47.7 Å². The molecule has 4 heteroatoms. The van der Waals surface area contributed by atoms with E-state index in [0.29, 0.717) is 5.75 Å². The lowest BCUT2D eigenvalue weighted by atomic mass is 10.1. The molecule has 176 valence electrons. The van der Waals surface area contributed by atoms with Crippen LogP contribution in [-0.4, -0.2) is 17.4 Å². The third-order valence-corrected chi connectivity index (χ3v) is 7.02. The Bertz CT molecular complexity index is 768. The van der Waals surface area contributed by atoms with Gasteiger partial charge in [0.15, 0.2) is 0 Å². The van der Waals surface area contributed by atoms with Gasteiger partial charge in [0, 0.05) is 0 Å². The second-order valence-corrected chi connectivity index (χ2v) is 9.78. The first kappa shape index (κ1) is 26.4. The maximum absolute atomic E-state index is 12.1. The Morgan fingerprint density at radius 3 is 1.72 bits per heavy atom. The third-order valence-electron chi connectivity index (χ3n) is 5.59. The number of unbranched alkanes of at least 4 members (excludes halogenated alkanes) is 8. The average Bonchev–Trinajstić information content (AvgIpc) is 2.80. The van der Waals surface area contributed by atoms with E-state index in [0.717, 1.165) is 29.9 Å². The lowest BCUT2D eigenvalue weighted by Gasteiger charge is -2.13. The molecule has 0 spiro atoms. The van der Waals surface area contributed by atoms with Crippen LogP contribution >= 0.6 is 15.9 Å². The zero-order valence-electron chi connectivity index (χ0n) is 19.9. The van der Waals surface area contributed by atoms with E-state index in [1.165, 1.54) is 51.4 Å². The molecular weight excluding hydrogens is 464 g/mol. The number of benzene rings is 2. The molecular formula is C28H39BrO3. The second kappa shape index (κ2) is 15.1. The molecule has 0 saturated heterocycles. The van der Waals surface area contributed by atoms with Crippen molar-refractivity contribution in [3.63, 3.8) is 0 Å². The van der Waals surface area contributed by atoms with Crippen molar-refractivity contribution in [1.82, 2.24) is 0 Å². The van der Waals surface area contributed by atoms with Crippen LogP contribution < -0.4 is 9.47 Å². The Balaban J connectivity index is 1.69. The van der Waals surface area contributed by atoms with Crippen LogP contribution in [0.1, 0.15) is 78.6 Å². The summed E-state index contributed by atoms with van der Waals surface area (Å²) in [5.41, 5.74) is 2.19. The first-order valence-corrected chi connectivity index (χ1v) is 13.1. The van der Waals surface area contributed by atoms with E-state index in [2.05, 4.69) is 35.0 Å². The number of carbonyl (C=O) groups excluding carboxylic acids is 1. The topological polar surface area (TPSA) is 35.5 Å². The standard InChI is InChI=1S/C28H39BrO3/c1-4-5-6-7-8-9-10-11-12-21-31-25-17-13-23(14-18-25)24-15-19-26(20-16-24)32-28(30)27(29)22(2)3/h13-20,22,27H,4-12,21H2,1-3H3. The molecule has 0 aliphatic rings. The van der Waals surface area contributed by atoms with Gasteiger partial charge in [-0.15, -0.1) is 0 Å². The highest BCUT2D eigenvalue weighted by molar-refractivity contribution is 9.10. The predicted octanol–water partition coefficient (Wildman–Crippen LogP) is 8.59. The Kier molecular flexibility index (Phi) is 12.5. The minimum Gasteiger partial charge on any atom is -0.494 e. The van der Waals surface area contributed by atoms with Crippen LogP contribution in [0.3, 0.4) is 0 Å². The molecule has 0 aliphatic heterocycles. The number of ether oxygens (including phenoxy) is 2. The van der Waals surface area contributed by atoms with Crippen molar-refractivity contribution < 1.29 is 14.3 Å². The normalized spacial score (nSPS) is 12.0. The van der Waals surface area contributed by atoms with Crippen molar-refractivity contribution in [2.75, 3.05) is 6.61 Å². The van der Waals surface area contributed by atoms with Crippen molar-refractivity contribution in [1.29, 1.82) is 0 Å². The summed E-state index contributed by atoms with van der Waals surface area (Å²) in [7, 11) is 0. The summed E-state index contributed by atoms with van der Waals surface area (Å²) in [5, 5.41) is 0. The fourth-order valence-electron chi connectivity index (χ4n) is 3.51. The van der Waals surface area contributed by atoms with E-state index >= 15 is 0 Å². The lowest BCUT2D eigenvalue weighted by Crippen LogP contribution is -2.24. The molecule has 2 rings (SSSR count). The number of halogens is 1. The van der Waals surface area contributed by atoms with E-state index in [1.807, 2.05) is 50.2 Å². The van der Waals surface area contributed by atoms with Crippen molar-refractivity contribution in [2.45, 2.75) is 83.4 Å². The SMILES string of the molecule is CCCCCCCCCCCOc1ccc(-c2ccc(OC(=O)C(Br)C(C)C)cc2)cc1. The van der Waals surface area contributed by atoms with Gasteiger partial charge >= 0.3 is 5.97 Å². The highest BCUT2D eigenvalue weighted by atomic mass is 79.9.